The van der Waals surface area contributed by atoms with E-state index in [1.807, 2.05) is 0 Å². The Kier molecular flexibility index (Phi) is 4.00. The maximum atomic E-state index is 5.77. The molecule has 0 radical (unpaired) electrons. The zero-order valence-corrected chi connectivity index (χ0v) is 9.99. The highest BCUT2D eigenvalue weighted by atomic mass is 15.3. The van der Waals surface area contributed by atoms with E-state index in [0.717, 1.165) is 12.3 Å². The Morgan fingerprint density at radius 3 is 2.27 bits per heavy atom. The van der Waals surface area contributed by atoms with Crippen molar-refractivity contribution in [3.05, 3.63) is 0 Å². The van der Waals surface area contributed by atoms with Crippen molar-refractivity contribution in [2.24, 2.45) is 11.7 Å². The molecule has 2 rings (SSSR count). The number of nitrogens with two attached hydrogens (primary N) is 1. The van der Waals surface area contributed by atoms with E-state index in [-0.39, 0.29) is 0 Å². The van der Waals surface area contributed by atoms with Gasteiger partial charge in [0, 0.05) is 38.8 Å². The number of piperazine rings is 1. The summed E-state index contributed by atoms with van der Waals surface area (Å²) in [6.07, 6.45) is 4.10. The van der Waals surface area contributed by atoms with Crippen LogP contribution in [0.25, 0.3) is 0 Å². The first-order valence-electron chi connectivity index (χ1n) is 6.44. The van der Waals surface area contributed by atoms with Gasteiger partial charge in [-0.2, -0.15) is 0 Å². The van der Waals surface area contributed by atoms with Crippen molar-refractivity contribution in [3.63, 3.8) is 0 Å². The van der Waals surface area contributed by atoms with E-state index in [1.165, 1.54) is 52.1 Å². The van der Waals surface area contributed by atoms with Gasteiger partial charge < -0.3 is 15.5 Å². The number of hydrogen-bond donors (Lipinski definition) is 1. The molecule has 0 bridgehead atoms. The summed E-state index contributed by atoms with van der Waals surface area (Å²) in [4.78, 5) is 5.20. The highest BCUT2D eigenvalue weighted by Crippen LogP contribution is 2.29. The Hall–Kier alpha value is -0.120. The average molecular weight is 211 g/mol. The second-order valence-electron chi connectivity index (χ2n) is 5.35. The molecular formula is C12H25N3. The van der Waals surface area contributed by atoms with E-state index >= 15 is 0 Å². The van der Waals surface area contributed by atoms with Crippen molar-refractivity contribution in [1.29, 1.82) is 0 Å². The molecule has 15 heavy (non-hydrogen) atoms. The lowest BCUT2D eigenvalue weighted by atomic mass is 10.2. The molecule has 0 spiro atoms. The van der Waals surface area contributed by atoms with E-state index < -0.39 is 0 Å². The molecule has 1 saturated carbocycles. The third-order valence-corrected chi connectivity index (χ3v) is 3.58. The largest absolute Gasteiger partial charge is 0.328 e. The van der Waals surface area contributed by atoms with Crippen molar-refractivity contribution in [2.45, 2.75) is 32.2 Å². The van der Waals surface area contributed by atoms with Crippen LogP contribution in [0.4, 0.5) is 0 Å². The maximum Gasteiger partial charge on any atom is 0.0110 e. The predicted molar refractivity (Wildman–Crippen MR) is 63.9 cm³/mol. The first kappa shape index (κ1) is 11.4. The molecule has 1 aliphatic carbocycles. The quantitative estimate of drug-likeness (QED) is 0.728. The Balaban J connectivity index is 1.58. The van der Waals surface area contributed by atoms with Crippen molar-refractivity contribution in [3.8, 4) is 0 Å². The van der Waals surface area contributed by atoms with Crippen LogP contribution >= 0.6 is 0 Å². The summed E-state index contributed by atoms with van der Waals surface area (Å²) in [5.41, 5.74) is 5.77. The summed E-state index contributed by atoms with van der Waals surface area (Å²) in [6.45, 7) is 9.70. The maximum absolute atomic E-state index is 5.77. The van der Waals surface area contributed by atoms with E-state index in [9.17, 15) is 0 Å². The van der Waals surface area contributed by atoms with Crippen LogP contribution in [-0.4, -0.2) is 55.1 Å². The van der Waals surface area contributed by atoms with Crippen LogP contribution in [0.2, 0.25) is 0 Å². The third-order valence-electron chi connectivity index (χ3n) is 3.58. The van der Waals surface area contributed by atoms with Crippen molar-refractivity contribution < 1.29 is 0 Å². The molecule has 2 aliphatic rings. The van der Waals surface area contributed by atoms with Gasteiger partial charge in [-0.1, -0.05) is 0 Å². The lowest BCUT2D eigenvalue weighted by molar-refractivity contribution is 0.126. The summed E-state index contributed by atoms with van der Waals surface area (Å²) in [7, 11) is 0. The van der Waals surface area contributed by atoms with Gasteiger partial charge in [0.25, 0.3) is 0 Å². The molecule has 0 amide bonds. The predicted octanol–water partition coefficient (Wildman–Crippen LogP) is 0.751. The molecule has 1 heterocycles. The lowest BCUT2D eigenvalue weighted by Gasteiger charge is -2.35. The number of nitrogens with zero attached hydrogens (tertiary/aromatic N) is 2. The molecule has 3 nitrogen and oxygen atoms in total. The standard InChI is InChI=1S/C12H25N3/c1-11(13)4-5-14-6-8-15(9-7-14)10-12-2-3-12/h11-12H,2-10,13H2,1H3. The summed E-state index contributed by atoms with van der Waals surface area (Å²) < 4.78 is 0. The highest BCUT2D eigenvalue weighted by Gasteiger charge is 2.26. The van der Waals surface area contributed by atoms with Gasteiger partial charge >= 0.3 is 0 Å². The second kappa shape index (κ2) is 5.28. The second-order valence-corrected chi connectivity index (χ2v) is 5.35. The number of rotatable bonds is 5. The van der Waals surface area contributed by atoms with Gasteiger partial charge in [0.2, 0.25) is 0 Å². The van der Waals surface area contributed by atoms with E-state index in [1.54, 1.807) is 0 Å². The molecule has 0 aromatic carbocycles. The van der Waals surface area contributed by atoms with Gasteiger partial charge in [-0.3, -0.25) is 0 Å². The zero-order chi connectivity index (χ0) is 10.7. The molecule has 1 saturated heterocycles. The minimum absolute atomic E-state index is 0.356. The highest BCUT2D eigenvalue weighted by molar-refractivity contribution is 4.80. The first-order valence-corrected chi connectivity index (χ1v) is 6.44. The van der Waals surface area contributed by atoms with Gasteiger partial charge in [0.1, 0.15) is 0 Å². The Morgan fingerprint density at radius 2 is 1.73 bits per heavy atom. The van der Waals surface area contributed by atoms with Gasteiger partial charge in [-0.05, 0) is 38.6 Å². The minimum atomic E-state index is 0.356. The fourth-order valence-corrected chi connectivity index (χ4v) is 2.25. The monoisotopic (exact) mass is 211 g/mol. The fraction of sp³-hybridized carbons (Fsp3) is 1.00. The Bertz CT molecular complexity index is 181. The Morgan fingerprint density at radius 1 is 1.13 bits per heavy atom. The van der Waals surface area contributed by atoms with Gasteiger partial charge in [0.05, 0.1) is 0 Å². The molecule has 2 fully saturated rings. The molecule has 0 aromatic rings. The van der Waals surface area contributed by atoms with E-state index in [0.29, 0.717) is 6.04 Å². The van der Waals surface area contributed by atoms with Crippen LogP contribution in [0.15, 0.2) is 0 Å². The van der Waals surface area contributed by atoms with Gasteiger partial charge in [0.15, 0.2) is 0 Å². The van der Waals surface area contributed by atoms with E-state index in [4.69, 9.17) is 5.73 Å². The molecule has 0 aromatic heterocycles. The first-order chi connectivity index (χ1) is 7.24. The summed E-state index contributed by atoms with van der Waals surface area (Å²) in [5, 5.41) is 0. The van der Waals surface area contributed by atoms with Crippen LogP contribution in [0.3, 0.4) is 0 Å². The van der Waals surface area contributed by atoms with Crippen LogP contribution in [-0.2, 0) is 0 Å². The van der Waals surface area contributed by atoms with Crippen molar-refractivity contribution in [2.75, 3.05) is 39.3 Å². The van der Waals surface area contributed by atoms with Crippen LogP contribution in [0.1, 0.15) is 26.2 Å². The summed E-state index contributed by atoms with van der Waals surface area (Å²) >= 11 is 0. The van der Waals surface area contributed by atoms with E-state index in [2.05, 4.69) is 16.7 Å². The third kappa shape index (κ3) is 4.09. The van der Waals surface area contributed by atoms with Gasteiger partial charge in [-0.25, -0.2) is 0 Å². The summed E-state index contributed by atoms with van der Waals surface area (Å²) in [6, 6.07) is 0.356. The Labute approximate surface area is 93.6 Å². The average Bonchev–Trinajstić information content (AvgIpc) is 3.01. The minimum Gasteiger partial charge on any atom is -0.328 e. The fourth-order valence-electron chi connectivity index (χ4n) is 2.25. The molecular weight excluding hydrogens is 186 g/mol. The molecule has 3 heteroatoms. The van der Waals surface area contributed by atoms with Crippen LogP contribution in [0, 0.1) is 5.92 Å². The van der Waals surface area contributed by atoms with Crippen LogP contribution < -0.4 is 5.73 Å². The summed E-state index contributed by atoms with van der Waals surface area (Å²) in [5.74, 6) is 1.04. The SMILES string of the molecule is CC(N)CCN1CCN(CC2CC2)CC1. The smallest absolute Gasteiger partial charge is 0.0110 e. The molecule has 88 valence electrons. The molecule has 1 atom stereocenters. The topological polar surface area (TPSA) is 32.5 Å². The normalized spacial score (nSPS) is 26.8. The number of hydrogen-bond acceptors (Lipinski definition) is 3. The molecule has 1 unspecified atom stereocenters. The molecule has 2 N–H and O–H groups in total. The van der Waals surface area contributed by atoms with Crippen molar-refractivity contribution >= 4 is 0 Å². The van der Waals surface area contributed by atoms with Crippen molar-refractivity contribution in [1.82, 2.24) is 9.80 Å². The van der Waals surface area contributed by atoms with Crippen LogP contribution in [0.5, 0.6) is 0 Å². The lowest BCUT2D eigenvalue weighted by Crippen LogP contribution is -2.47. The molecule has 1 aliphatic heterocycles. The van der Waals surface area contributed by atoms with Gasteiger partial charge in [-0.15, -0.1) is 0 Å². The zero-order valence-electron chi connectivity index (χ0n) is 9.99.